The maximum absolute atomic E-state index is 11.6. The van der Waals surface area contributed by atoms with Gasteiger partial charge in [-0.25, -0.2) is 0 Å². The van der Waals surface area contributed by atoms with Crippen molar-refractivity contribution in [3.05, 3.63) is 28.2 Å². The molecule has 1 aliphatic rings. The van der Waals surface area contributed by atoms with Gasteiger partial charge in [-0.1, -0.05) is 15.9 Å². The second-order valence-corrected chi connectivity index (χ2v) is 5.36. The second kappa shape index (κ2) is 5.52. The lowest BCUT2D eigenvalue weighted by Crippen LogP contribution is -2.33. The molecule has 1 aromatic carbocycles. The molecular weight excluding hydrogens is 296 g/mol. The predicted octanol–water partition coefficient (Wildman–Crippen LogP) is 2.22. The molecule has 1 fully saturated rings. The van der Waals surface area contributed by atoms with Gasteiger partial charge in [-0.2, -0.15) is 0 Å². The minimum Gasteiger partial charge on any atom is -0.347 e. The highest BCUT2D eigenvalue weighted by atomic mass is 79.9. The zero-order valence-corrected chi connectivity index (χ0v) is 11.7. The summed E-state index contributed by atoms with van der Waals surface area (Å²) in [4.78, 5) is 23.0. The Hall–Kier alpha value is -1.36. The van der Waals surface area contributed by atoms with Crippen LogP contribution in [-0.4, -0.2) is 18.4 Å². The Morgan fingerprint density at radius 3 is 2.72 bits per heavy atom. The first kappa shape index (κ1) is 13.1. The van der Waals surface area contributed by atoms with Crippen LogP contribution in [0.2, 0.25) is 0 Å². The van der Waals surface area contributed by atoms with E-state index in [1.807, 2.05) is 25.1 Å². The average molecular weight is 311 g/mol. The van der Waals surface area contributed by atoms with Crippen molar-refractivity contribution in [1.29, 1.82) is 0 Å². The molecule has 2 amide bonds. The third-order valence-electron chi connectivity index (χ3n) is 2.81. The van der Waals surface area contributed by atoms with Gasteiger partial charge in [0.05, 0.1) is 6.54 Å². The van der Waals surface area contributed by atoms with Crippen molar-refractivity contribution in [3.8, 4) is 0 Å². The summed E-state index contributed by atoms with van der Waals surface area (Å²) >= 11 is 3.40. The maximum Gasteiger partial charge on any atom is 0.243 e. The molecule has 0 unspecified atom stereocenters. The van der Waals surface area contributed by atoms with Gasteiger partial charge in [0.25, 0.3) is 0 Å². The number of hydrogen-bond donors (Lipinski definition) is 2. The quantitative estimate of drug-likeness (QED) is 0.896. The highest BCUT2D eigenvalue weighted by molar-refractivity contribution is 9.10. The summed E-state index contributed by atoms with van der Waals surface area (Å²) in [7, 11) is 0. The molecule has 4 nitrogen and oxygen atoms in total. The molecule has 0 heterocycles. The fourth-order valence-electron chi connectivity index (χ4n) is 1.58. The van der Waals surface area contributed by atoms with Gasteiger partial charge < -0.3 is 10.6 Å². The van der Waals surface area contributed by atoms with Crippen LogP contribution in [-0.2, 0) is 9.59 Å². The first-order valence-corrected chi connectivity index (χ1v) is 6.69. The molecule has 0 aliphatic heterocycles. The minimum absolute atomic E-state index is 0.0165. The van der Waals surface area contributed by atoms with Crippen molar-refractivity contribution >= 4 is 33.4 Å². The molecule has 0 spiro atoms. The minimum atomic E-state index is -0.203. The number of hydrogen-bond acceptors (Lipinski definition) is 2. The molecule has 18 heavy (non-hydrogen) atoms. The largest absolute Gasteiger partial charge is 0.347 e. The second-order valence-electron chi connectivity index (χ2n) is 4.50. The number of amides is 2. The van der Waals surface area contributed by atoms with Crippen LogP contribution >= 0.6 is 15.9 Å². The van der Waals surface area contributed by atoms with Crippen molar-refractivity contribution in [2.24, 2.45) is 5.92 Å². The Labute approximate surface area is 114 Å². The SMILES string of the molecule is Cc1cc(NC(=O)CNC(=O)C2CC2)ccc1Br. The third kappa shape index (κ3) is 3.57. The van der Waals surface area contributed by atoms with Gasteiger partial charge in [0, 0.05) is 16.1 Å². The van der Waals surface area contributed by atoms with Crippen LogP contribution in [0.15, 0.2) is 22.7 Å². The van der Waals surface area contributed by atoms with Gasteiger partial charge in [-0.3, -0.25) is 9.59 Å². The topological polar surface area (TPSA) is 58.2 Å². The number of aryl methyl sites for hydroxylation is 1. The fourth-order valence-corrected chi connectivity index (χ4v) is 1.83. The molecule has 0 saturated heterocycles. The first-order valence-electron chi connectivity index (χ1n) is 5.90. The fraction of sp³-hybridized carbons (Fsp3) is 0.385. The summed E-state index contributed by atoms with van der Waals surface area (Å²) in [6, 6.07) is 5.58. The summed E-state index contributed by atoms with van der Waals surface area (Å²) in [6.45, 7) is 1.99. The van der Waals surface area contributed by atoms with Crippen molar-refractivity contribution in [3.63, 3.8) is 0 Å². The lowest BCUT2D eigenvalue weighted by Gasteiger charge is -2.08. The van der Waals surface area contributed by atoms with E-state index < -0.39 is 0 Å². The van der Waals surface area contributed by atoms with Gasteiger partial charge in [0.2, 0.25) is 11.8 Å². The Kier molecular flexibility index (Phi) is 4.01. The number of halogens is 1. The lowest BCUT2D eigenvalue weighted by molar-refractivity contribution is -0.125. The van der Waals surface area contributed by atoms with Gasteiger partial charge in [0.1, 0.15) is 0 Å². The molecule has 96 valence electrons. The molecule has 1 saturated carbocycles. The Balaban J connectivity index is 1.82. The van der Waals surface area contributed by atoms with E-state index in [9.17, 15) is 9.59 Å². The van der Waals surface area contributed by atoms with Crippen LogP contribution < -0.4 is 10.6 Å². The number of carbonyl (C=O) groups is 2. The summed E-state index contributed by atoms with van der Waals surface area (Å²) in [5, 5.41) is 5.38. The Bertz CT molecular complexity index is 484. The molecule has 2 N–H and O–H groups in total. The van der Waals surface area contributed by atoms with E-state index in [4.69, 9.17) is 0 Å². The zero-order valence-electron chi connectivity index (χ0n) is 10.1. The normalized spacial score (nSPS) is 14.1. The van der Waals surface area contributed by atoms with Gasteiger partial charge in [-0.15, -0.1) is 0 Å². The van der Waals surface area contributed by atoms with Gasteiger partial charge >= 0.3 is 0 Å². The van der Waals surface area contributed by atoms with Crippen molar-refractivity contribution in [2.45, 2.75) is 19.8 Å². The van der Waals surface area contributed by atoms with E-state index >= 15 is 0 Å². The van der Waals surface area contributed by atoms with Crippen LogP contribution in [0, 0.1) is 12.8 Å². The molecule has 0 bridgehead atoms. The van der Waals surface area contributed by atoms with Crippen molar-refractivity contribution < 1.29 is 9.59 Å². The summed E-state index contributed by atoms with van der Waals surface area (Å²) in [6.07, 6.45) is 1.89. The van der Waals surface area contributed by atoms with E-state index in [1.165, 1.54) is 0 Å². The average Bonchev–Trinajstić information content (AvgIpc) is 3.15. The summed E-state index contributed by atoms with van der Waals surface area (Å²) in [5.41, 5.74) is 1.79. The van der Waals surface area contributed by atoms with Crippen LogP contribution in [0.25, 0.3) is 0 Å². The summed E-state index contributed by atoms with van der Waals surface area (Å²) < 4.78 is 1.00. The van der Waals surface area contributed by atoms with E-state index in [0.717, 1.165) is 28.6 Å². The number of anilines is 1. The monoisotopic (exact) mass is 310 g/mol. The first-order chi connectivity index (χ1) is 8.56. The summed E-state index contributed by atoms with van der Waals surface area (Å²) in [5.74, 6) is -0.0874. The predicted molar refractivity (Wildman–Crippen MR) is 73.2 cm³/mol. The van der Waals surface area contributed by atoms with E-state index in [0.29, 0.717) is 0 Å². The van der Waals surface area contributed by atoms with E-state index in [2.05, 4.69) is 26.6 Å². The van der Waals surface area contributed by atoms with E-state index in [-0.39, 0.29) is 24.3 Å². The number of carbonyl (C=O) groups excluding carboxylic acids is 2. The van der Waals surface area contributed by atoms with Gasteiger partial charge in [0.15, 0.2) is 0 Å². The third-order valence-corrected chi connectivity index (χ3v) is 3.70. The molecule has 5 heteroatoms. The molecule has 0 atom stereocenters. The Morgan fingerprint density at radius 2 is 2.11 bits per heavy atom. The number of benzene rings is 1. The molecule has 1 aliphatic carbocycles. The van der Waals surface area contributed by atoms with Crippen molar-refractivity contribution in [1.82, 2.24) is 5.32 Å². The van der Waals surface area contributed by atoms with E-state index in [1.54, 1.807) is 0 Å². The Morgan fingerprint density at radius 1 is 1.39 bits per heavy atom. The number of nitrogens with one attached hydrogen (secondary N) is 2. The van der Waals surface area contributed by atoms with Crippen LogP contribution in [0.1, 0.15) is 18.4 Å². The zero-order chi connectivity index (χ0) is 13.1. The number of rotatable bonds is 4. The molecule has 2 rings (SSSR count). The molecule has 0 aromatic heterocycles. The molecule has 0 radical (unpaired) electrons. The smallest absolute Gasteiger partial charge is 0.243 e. The molecule has 1 aromatic rings. The highest BCUT2D eigenvalue weighted by Crippen LogP contribution is 2.28. The van der Waals surface area contributed by atoms with Gasteiger partial charge in [-0.05, 0) is 43.5 Å². The van der Waals surface area contributed by atoms with Crippen LogP contribution in [0.5, 0.6) is 0 Å². The highest BCUT2D eigenvalue weighted by Gasteiger charge is 2.29. The maximum atomic E-state index is 11.6. The standard InChI is InChI=1S/C13H15BrN2O2/c1-8-6-10(4-5-11(8)14)16-12(17)7-15-13(18)9-2-3-9/h4-6,9H,2-3,7H2,1H3,(H,15,18)(H,16,17). The van der Waals surface area contributed by atoms with Crippen molar-refractivity contribution in [2.75, 3.05) is 11.9 Å². The van der Waals surface area contributed by atoms with Crippen LogP contribution in [0.3, 0.4) is 0 Å². The molecular formula is C13H15BrN2O2. The lowest BCUT2D eigenvalue weighted by atomic mass is 10.2. The van der Waals surface area contributed by atoms with Crippen LogP contribution in [0.4, 0.5) is 5.69 Å².